The summed E-state index contributed by atoms with van der Waals surface area (Å²) in [6, 6.07) is 3.47. The lowest BCUT2D eigenvalue weighted by Crippen LogP contribution is -2.07. The highest BCUT2D eigenvalue weighted by Crippen LogP contribution is 2.21. The van der Waals surface area contributed by atoms with E-state index in [2.05, 4.69) is 15.0 Å². The Hall–Kier alpha value is -2.08. The highest BCUT2D eigenvalue weighted by Gasteiger charge is 2.16. The van der Waals surface area contributed by atoms with Crippen molar-refractivity contribution in [2.45, 2.75) is 6.92 Å². The average molecular weight is 247 g/mol. The molecule has 0 fully saturated rings. The van der Waals surface area contributed by atoms with E-state index in [1.54, 1.807) is 31.5 Å². The van der Waals surface area contributed by atoms with Crippen LogP contribution < -0.4 is 0 Å². The molecule has 0 bridgehead atoms. The van der Waals surface area contributed by atoms with Gasteiger partial charge in [-0.25, -0.2) is 9.78 Å². The number of hydrogen-bond donors (Lipinski definition) is 2. The molecular weight excluding hydrogens is 238 g/mol. The summed E-state index contributed by atoms with van der Waals surface area (Å²) in [5, 5.41) is 9.18. The van der Waals surface area contributed by atoms with Gasteiger partial charge in [-0.05, 0) is 31.3 Å². The van der Waals surface area contributed by atoms with Gasteiger partial charge in [-0.15, -0.1) is 0 Å². The minimum atomic E-state index is -1.04. The Bertz CT molecular complexity index is 622. The van der Waals surface area contributed by atoms with Gasteiger partial charge in [-0.3, -0.25) is 4.98 Å². The van der Waals surface area contributed by atoms with Crippen LogP contribution in [0.4, 0.5) is 0 Å². The second kappa shape index (κ2) is 4.42. The normalized spacial score (nSPS) is 10.2. The van der Waals surface area contributed by atoms with Crippen LogP contribution in [0.2, 0.25) is 0 Å². The SMILES string of the molecule is Cc1[nH]c(=S)nc(-c2cccnc2)c1C(=O)O. The lowest BCUT2D eigenvalue weighted by atomic mass is 10.1. The number of aromatic nitrogens is 3. The number of carboxylic acid groups (broad SMARTS) is 1. The molecule has 0 aliphatic heterocycles. The first-order chi connectivity index (χ1) is 8.09. The van der Waals surface area contributed by atoms with Gasteiger partial charge in [0.15, 0.2) is 4.77 Å². The summed E-state index contributed by atoms with van der Waals surface area (Å²) in [7, 11) is 0. The van der Waals surface area contributed by atoms with Crippen LogP contribution in [0.15, 0.2) is 24.5 Å². The third kappa shape index (κ3) is 2.21. The van der Waals surface area contributed by atoms with Gasteiger partial charge >= 0.3 is 5.97 Å². The van der Waals surface area contributed by atoms with Crippen molar-refractivity contribution in [2.75, 3.05) is 0 Å². The quantitative estimate of drug-likeness (QED) is 0.795. The molecule has 0 saturated carbocycles. The maximum atomic E-state index is 11.2. The first kappa shape index (κ1) is 11.4. The molecule has 0 saturated heterocycles. The number of carboxylic acids is 1. The number of aryl methyl sites for hydroxylation is 1. The Balaban J connectivity index is 2.77. The van der Waals surface area contributed by atoms with E-state index in [0.717, 1.165) is 0 Å². The van der Waals surface area contributed by atoms with E-state index in [4.69, 9.17) is 12.2 Å². The number of rotatable bonds is 2. The fourth-order valence-electron chi connectivity index (χ4n) is 1.56. The average Bonchev–Trinajstić information content (AvgIpc) is 2.28. The van der Waals surface area contributed by atoms with Crippen LogP contribution in [-0.4, -0.2) is 26.0 Å². The molecule has 2 aromatic rings. The van der Waals surface area contributed by atoms with Gasteiger partial charge in [0.2, 0.25) is 0 Å². The summed E-state index contributed by atoms with van der Waals surface area (Å²) < 4.78 is 0.256. The predicted octanol–water partition coefficient (Wildman–Crippen LogP) is 2.21. The van der Waals surface area contributed by atoms with Crippen molar-refractivity contribution >= 4 is 18.2 Å². The van der Waals surface area contributed by atoms with Crippen LogP contribution in [0, 0.1) is 11.7 Å². The molecule has 2 aromatic heterocycles. The number of H-pyrrole nitrogens is 1. The molecule has 0 aliphatic carbocycles. The van der Waals surface area contributed by atoms with Crippen LogP contribution in [-0.2, 0) is 0 Å². The van der Waals surface area contributed by atoms with Gasteiger partial charge in [-0.1, -0.05) is 0 Å². The molecule has 0 aromatic carbocycles. The first-order valence-corrected chi connectivity index (χ1v) is 5.25. The molecule has 0 atom stereocenters. The van der Waals surface area contributed by atoms with Gasteiger partial charge in [-0.2, -0.15) is 0 Å². The Morgan fingerprint density at radius 3 is 2.88 bits per heavy atom. The second-order valence-electron chi connectivity index (χ2n) is 3.44. The van der Waals surface area contributed by atoms with Gasteiger partial charge in [0.25, 0.3) is 0 Å². The van der Waals surface area contributed by atoms with Crippen LogP contribution in [0.25, 0.3) is 11.3 Å². The summed E-state index contributed by atoms with van der Waals surface area (Å²) in [6.45, 7) is 1.65. The highest BCUT2D eigenvalue weighted by atomic mass is 32.1. The van der Waals surface area contributed by atoms with Crippen LogP contribution in [0.5, 0.6) is 0 Å². The predicted molar refractivity (Wildman–Crippen MR) is 64.3 cm³/mol. The maximum absolute atomic E-state index is 11.2. The number of hydrogen-bond acceptors (Lipinski definition) is 4. The minimum absolute atomic E-state index is 0.117. The Labute approximate surface area is 102 Å². The standard InChI is InChI=1S/C11H9N3O2S/c1-6-8(10(15)16)9(14-11(17)13-6)7-3-2-4-12-5-7/h2-5H,1H3,(H,15,16)(H,13,14,17). The Kier molecular flexibility index (Phi) is 2.97. The summed E-state index contributed by atoms with van der Waals surface area (Å²) in [6.07, 6.45) is 3.17. The lowest BCUT2D eigenvalue weighted by molar-refractivity contribution is 0.0696. The fraction of sp³-hybridized carbons (Fsp3) is 0.0909. The van der Waals surface area contributed by atoms with Crippen molar-refractivity contribution in [1.82, 2.24) is 15.0 Å². The molecule has 2 heterocycles. The van der Waals surface area contributed by atoms with Crippen molar-refractivity contribution in [3.63, 3.8) is 0 Å². The van der Waals surface area contributed by atoms with Crippen molar-refractivity contribution in [2.24, 2.45) is 0 Å². The molecule has 0 radical (unpaired) electrons. The molecule has 2 N–H and O–H groups in total. The summed E-state index contributed by atoms with van der Waals surface area (Å²) in [5.74, 6) is -1.04. The van der Waals surface area contributed by atoms with Gasteiger partial charge in [0.1, 0.15) is 5.56 Å². The summed E-state index contributed by atoms with van der Waals surface area (Å²) >= 11 is 4.95. The lowest BCUT2D eigenvalue weighted by Gasteiger charge is -2.07. The zero-order valence-electron chi connectivity index (χ0n) is 8.97. The van der Waals surface area contributed by atoms with Gasteiger partial charge in [0, 0.05) is 23.7 Å². The van der Waals surface area contributed by atoms with E-state index in [0.29, 0.717) is 17.0 Å². The van der Waals surface area contributed by atoms with E-state index in [-0.39, 0.29) is 10.3 Å². The van der Waals surface area contributed by atoms with E-state index >= 15 is 0 Å². The van der Waals surface area contributed by atoms with Crippen LogP contribution in [0.3, 0.4) is 0 Å². The van der Waals surface area contributed by atoms with Crippen LogP contribution in [0.1, 0.15) is 16.1 Å². The molecule has 0 aliphatic rings. The first-order valence-electron chi connectivity index (χ1n) is 4.84. The molecule has 5 nitrogen and oxygen atoms in total. The van der Waals surface area contributed by atoms with Crippen molar-refractivity contribution in [3.05, 3.63) is 40.6 Å². The second-order valence-corrected chi connectivity index (χ2v) is 3.82. The minimum Gasteiger partial charge on any atom is -0.478 e. The Morgan fingerprint density at radius 1 is 1.53 bits per heavy atom. The molecule has 6 heteroatoms. The summed E-state index contributed by atoms with van der Waals surface area (Å²) in [4.78, 5) is 22.0. The topological polar surface area (TPSA) is 78.9 Å². The fourth-order valence-corrected chi connectivity index (χ4v) is 1.80. The van der Waals surface area contributed by atoms with Crippen molar-refractivity contribution in [3.8, 4) is 11.3 Å². The number of pyridine rings is 1. The summed E-state index contributed by atoms with van der Waals surface area (Å²) in [5.41, 5.74) is 1.57. The molecule has 86 valence electrons. The van der Waals surface area contributed by atoms with E-state index in [1.807, 2.05) is 0 Å². The van der Waals surface area contributed by atoms with Crippen molar-refractivity contribution in [1.29, 1.82) is 0 Å². The molecular formula is C11H9N3O2S. The van der Waals surface area contributed by atoms with E-state index in [9.17, 15) is 9.90 Å². The van der Waals surface area contributed by atoms with Gasteiger partial charge < -0.3 is 10.1 Å². The number of nitrogens with one attached hydrogen (secondary N) is 1. The molecule has 17 heavy (non-hydrogen) atoms. The smallest absolute Gasteiger partial charge is 0.339 e. The van der Waals surface area contributed by atoms with Crippen LogP contribution >= 0.6 is 12.2 Å². The molecule has 0 unspecified atom stereocenters. The number of aromatic carboxylic acids is 1. The van der Waals surface area contributed by atoms with E-state index < -0.39 is 5.97 Å². The third-order valence-corrected chi connectivity index (χ3v) is 2.46. The zero-order valence-corrected chi connectivity index (χ0v) is 9.78. The number of nitrogens with zero attached hydrogens (tertiary/aromatic N) is 2. The Morgan fingerprint density at radius 2 is 2.29 bits per heavy atom. The highest BCUT2D eigenvalue weighted by molar-refractivity contribution is 7.71. The monoisotopic (exact) mass is 247 g/mol. The number of carbonyl (C=O) groups is 1. The maximum Gasteiger partial charge on any atom is 0.339 e. The third-order valence-electron chi connectivity index (χ3n) is 2.27. The molecule has 2 rings (SSSR count). The largest absolute Gasteiger partial charge is 0.478 e. The van der Waals surface area contributed by atoms with E-state index in [1.165, 1.54) is 0 Å². The molecule has 0 spiro atoms. The zero-order chi connectivity index (χ0) is 12.4. The molecule has 0 amide bonds. The number of aromatic amines is 1. The van der Waals surface area contributed by atoms with Crippen molar-refractivity contribution < 1.29 is 9.90 Å². The van der Waals surface area contributed by atoms with Gasteiger partial charge in [0.05, 0.1) is 5.69 Å².